The number of nitrogens with one attached hydrogen (secondary N) is 4. The van der Waals surface area contributed by atoms with Crippen molar-refractivity contribution >= 4 is 34.6 Å². The van der Waals surface area contributed by atoms with E-state index in [2.05, 4.69) is 31.0 Å². The number of rotatable bonds is 17. The Morgan fingerprint density at radius 2 is 1.52 bits per heavy atom. The molecule has 0 unspecified atom stereocenters. The quantitative estimate of drug-likeness (QED) is 0.0849. The number of imidazole rings is 1. The summed E-state index contributed by atoms with van der Waals surface area (Å²) in [6.07, 6.45) is 5.46. The highest BCUT2D eigenvalue weighted by Crippen LogP contribution is 2.20. The number of aliphatic hydroxyl groups excluding tert-OH is 1. The molecule has 0 aliphatic carbocycles. The molecule has 282 valence electrons. The second-order valence-corrected chi connectivity index (χ2v) is 13.6. The number of hydrogen-bond acceptors (Lipinski definition) is 8. The zero-order valence-corrected chi connectivity index (χ0v) is 30.5. The Morgan fingerprint density at radius 1 is 0.796 bits per heavy atom. The number of hydrogen-bond donors (Lipinski definition) is 5. The lowest BCUT2D eigenvalue weighted by Crippen LogP contribution is -2.58. The van der Waals surface area contributed by atoms with Crippen LogP contribution in [-0.4, -0.2) is 67.1 Å². The number of pyridine rings is 1. The van der Waals surface area contributed by atoms with E-state index in [9.17, 15) is 24.3 Å². The van der Waals surface area contributed by atoms with E-state index in [0.29, 0.717) is 23.6 Å². The molecular weight excluding hydrogens is 686 g/mol. The second-order valence-electron chi connectivity index (χ2n) is 13.6. The molecule has 5 rings (SSSR count). The van der Waals surface area contributed by atoms with Gasteiger partial charge in [0.1, 0.15) is 18.7 Å². The van der Waals surface area contributed by atoms with Crippen molar-refractivity contribution in [3.8, 4) is 0 Å². The number of aliphatic hydroxyl groups is 1. The van der Waals surface area contributed by atoms with Crippen molar-refractivity contribution in [1.82, 2.24) is 36.0 Å². The number of carbonyl (C=O) groups excluding carboxylic acids is 4. The Balaban J connectivity index is 1.38. The lowest BCUT2D eigenvalue weighted by atomic mass is 9.98. The normalized spacial score (nSPS) is 12.7. The van der Waals surface area contributed by atoms with Crippen LogP contribution in [0.3, 0.4) is 0 Å². The molecule has 5 aromatic rings. The SMILES string of the molecule is CC(C)CC[C@H](O)CC(=O)N(Cc1ccncc1)NC(=O)[C@@H](Cc1cnc[nH]1)NC(=O)[C@@H](Cc1cccc2ccccc12)NC(=O)OCc1ccccc1. The van der Waals surface area contributed by atoms with Gasteiger partial charge in [0.05, 0.1) is 25.4 Å². The summed E-state index contributed by atoms with van der Waals surface area (Å²) in [4.78, 5) is 66.1. The summed E-state index contributed by atoms with van der Waals surface area (Å²) in [5, 5.41) is 19.2. The minimum atomic E-state index is -1.21. The van der Waals surface area contributed by atoms with E-state index >= 15 is 0 Å². The van der Waals surface area contributed by atoms with E-state index in [1.807, 2.05) is 86.6 Å². The Morgan fingerprint density at radius 3 is 2.26 bits per heavy atom. The fraction of sp³-hybridized carbons (Fsp3) is 0.317. The maximum Gasteiger partial charge on any atom is 0.408 e. The maximum absolute atomic E-state index is 14.2. The van der Waals surface area contributed by atoms with Crippen molar-refractivity contribution in [2.45, 2.75) is 77.3 Å². The van der Waals surface area contributed by atoms with E-state index in [1.165, 1.54) is 12.5 Å². The highest BCUT2D eigenvalue weighted by Gasteiger charge is 2.31. The highest BCUT2D eigenvalue weighted by atomic mass is 16.5. The third kappa shape index (κ3) is 12.0. The van der Waals surface area contributed by atoms with Gasteiger partial charge >= 0.3 is 6.09 Å². The van der Waals surface area contributed by atoms with Gasteiger partial charge in [0.2, 0.25) is 11.8 Å². The van der Waals surface area contributed by atoms with Crippen LogP contribution in [0.1, 0.15) is 55.5 Å². The van der Waals surface area contributed by atoms with Gasteiger partial charge in [0.15, 0.2) is 0 Å². The van der Waals surface area contributed by atoms with Gasteiger partial charge < -0.3 is 25.5 Å². The second kappa shape index (κ2) is 19.7. The Kier molecular flexibility index (Phi) is 14.3. The largest absolute Gasteiger partial charge is 0.445 e. The molecule has 13 heteroatoms. The third-order valence-corrected chi connectivity index (χ3v) is 8.86. The summed E-state index contributed by atoms with van der Waals surface area (Å²) < 4.78 is 5.48. The fourth-order valence-corrected chi connectivity index (χ4v) is 5.92. The predicted octanol–water partition coefficient (Wildman–Crippen LogP) is 4.77. The third-order valence-electron chi connectivity index (χ3n) is 8.86. The first-order chi connectivity index (χ1) is 26.1. The molecule has 0 aliphatic heterocycles. The van der Waals surface area contributed by atoms with Gasteiger partial charge in [-0.3, -0.25) is 24.8 Å². The number of aromatic amines is 1. The molecule has 0 aliphatic rings. The number of H-pyrrole nitrogens is 1. The molecule has 54 heavy (non-hydrogen) atoms. The monoisotopic (exact) mass is 733 g/mol. The Labute approximate surface area is 314 Å². The molecule has 2 heterocycles. The van der Waals surface area contributed by atoms with Crippen LogP contribution in [0.5, 0.6) is 0 Å². The summed E-state index contributed by atoms with van der Waals surface area (Å²) in [6.45, 7) is 4.06. The van der Waals surface area contributed by atoms with Crippen molar-refractivity contribution in [2.75, 3.05) is 0 Å². The van der Waals surface area contributed by atoms with Crippen molar-refractivity contribution in [3.63, 3.8) is 0 Å². The zero-order chi connectivity index (χ0) is 38.3. The number of amides is 4. The molecular formula is C41H47N7O6. The molecule has 0 bridgehead atoms. The van der Waals surface area contributed by atoms with Crippen LogP contribution in [0.25, 0.3) is 10.8 Å². The van der Waals surface area contributed by atoms with E-state index < -0.39 is 42.0 Å². The predicted molar refractivity (Wildman–Crippen MR) is 203 cm³/mol. The lowest BCUT2D eigenvalue weighted by Gasteiger charge is -2.28. The molecule has 0 radical (unpaired) electrons. The van der Waals surface area contributed by atoms with Gasteiger partial charge in [-0.2, -0.15) is 0 Å². The van der Waals surface area contributed by atoms with Gasteiger partial charge in [0, 0.05) is 37.1 Å². The standard InChI is InChI=1S/C41H47N7O6/c1-28(2)15-16-34(49)23-38(50)48(25-29-17-19-42-20-18-29)47-40(52)37(22-33-24-43-27-44-33)45-39(51)36(46-41(53)54-26-30-9-4-3-5-10-30)21-32-13-8-12-31-11-6-7-14-35(31)32/h3-14,17-20,24,27-28,34,36-37,49H,15-16,21-23,25-26H2,1-2H3,(H,43,44)(H,45,51)(H,46,53)(H,47,52)/t34-,36+,37+/m0/s1. The number of aromatic nitrogens is 3. The van der Waals surface area contributed by atoms with E-state index in [0.717, 1.165) is 33.3 Å². The first-order valence-corrected chi connectivity index (χ1v) is 18.0. The van der Waals surface area contributed by atoms with Crippen molar-refractivity contribution in [2.24, 2.45) is 5.92 Å². The van der Waals surface area contributed by atoms with Crippen LogP contribution >= 0.6 is 0 Å². The van der Waals surface area contributed by atoms with Crippen molar-refractivity contribution in [3.05, 3.63) is 132 Å². The highest BCUT2D eigenvalue weighted by molar-refractivity contribution is 5.93. The van der Waals surface area contributed by atoms with Gasteiger partial charge in [-0.25, -0.2) is 14.8 Å². The lowest BCUT2D eigenvalue weighted by molar-refractivity contribution is -0.145. The zero-order valence-electron chi connectivity index (χ0n) is 30.5. The maximum atomic E-state index is 14.2. The van der Waals surface area contributed by atoms with Crippen LogP contribution in [0, 0.1) is 5.92 Å². The molecule has 0 fully saturated rings. The van der Waals surface area contributed by atoms with Crippen LogP contribution in [-0.2, 0) is 45.1 Å². The molecule has 3 aromatic carbocycles. The van der Waals surface area contributed by atoms with E-state index in [1.54, 1.807) is 24.5 Å². The number of nitrogens with zero attached hydrogens (tertiary/aromatic N) is 3. The van der Waals surface area contributed by atoms with Crippen LogP contribution in [0.2, 0.25) is 0 Å². The van der Waals surface area contributed by atoms with Crippen LogP contribution in [0.4, 0.5) is 4.79 Å². The van der Waals surface area contributed by atoms with E-state index in [-0.39, 0.29) is 32.4 Å². The fourth-order valence-electron chi connectivity index (χ4n) is 5.92. The Bertz CT molecular complexity index is 1950. The summed E-state index contributed by atoms with van der Waals surface area (Å²) in [5.41, 5.74) is 5.52. The van der Waals surface area contributed by atoms with Crippen molar-refractivity contribution in [1.29, 1.82) is 0 Å². The summed E-state index contributed by atoms with van der Waals surface area (Å²) >= 11 is 0. The number of hydrazine groups is 1. The van der Waals surface area contributed by atoms with Gasteiger partial charge in [-0.05, 0) is 58.4 Å². The first kappa shape index (κ1) is 39.1. The number of ether oxygens (including phenoxy) is 1. The molecule has 0 saturated heterocycles. The first-order valence-electron chi connectivity index (χ1n) is 18.0. The molecule has 5 N–H and O–H groups in total. The Hall–Kier alpha value is -6.08. The molecule has 13 nitrogen and oxygen atoms in total. The summed E-state index contributed by atoms with van der Waals surface area (Å²) in [7, 11) is 0. The van der Waals surface area contributed by atoms with Gasteiger partial charge in [-0.15, -0.1) is 0 Å². The van der Waals surface area contributed by atoms with Gasteiger partial charge in [0.25, 0.3) is 5.91 Å². The van der Waals surface area contributed by atoms with Crippen LogP contribution < -0.4 is 16.1 Å². The topological polar surface area (TPSA) is 179 Å². The number of benzene rings is 3. The van der Waals surface area contributed by atoms with Crippen molar-refractivity contribution < 1.29 is 29.0 Å². The molecule has 0 saturated carbocycles. The molecule has 2 aromatic heterocycles. The molecule has 0 spiro atoms. The average molecular weight is 734 g/mol. The number of carbonyl (C=O) groups is 4. The summed E-state index contributed by atoms with van der Waals surface area (Å²) in [6, 6.07) is 23.7. The molecule has 4 amide bonds. The summed E-state index contributed by atoms with van der Waals surface area (Å²) in [5.74, 6) is -1.48. The van der Waals surface area contributed by atoms with Crippen LogP contribution in [0.15, 0.2) is 110 Å². The number of fused-ring (bicyclic) bond motifs is 1. The smallest absolute Gasteiger partial charge is 0.408 e. The number of alkyl carbamates (subject to hydrolysis) is 1. The average Bonchev–Trinajstić information content (AvgIpc) is 3.69. The van der Waals surface area contributed by atoms with E-state index in [4.69, 9.17) is 4.74 Å². The minimum Gasteiger partial charge on any atom is -0.445 e. The molecule has 3 atom stereocenters. The minimum absolute atomic E-state index is 0.00631. The van der Waals surface area contributed by atoms with Gasteiger partial charge in [-0.1, -0.05) is 86.6 Å².